The molecular weight excluding hydrogens is 420 g/mol. The van der Waals surface area contributed by atoms with Gasteiger partial charge in [0.05, 0.1) is 22.8 Å². The van der Waals surface area contributed by atoms with Crippen LogP contribution >= 0.6 is 22.9 Å². The van der Waals surface area contributed by atoms with Crippen LogP contribution in [-0.4, -0.2) is 29.5 Å². The number of imidazole rings is 1. The first-order valence-electron chi connectivity index (χ1n) is 8.54. The lowest BCUT2D eigenvalue weighted by Crippen LogP contribution is -2.32. The largest absolute Gasteiger partial charge is 0.451 e. The molecule has 0 bridgehead atoms. The van der Waals surface area contributed by atoms with Gasteiger partial charge in [-0.3, -0.25) is 0 Å². The van der Waals surface area contributed by atoms with Gasteiger partial charge in [-0.05, 0) is 43.2 Å². The van der Waals surface area contributed by atoms with Crippen molar-refractivity contribution < 1.29 is 12.8 Å². The Hall–Kier alpha value is -2.36. The molecule has 0 saturated carbocycles. The summed E-state index contributed by atoms with van der Waals surface area (Å²) < 4.78 is 35.6. The molecule has 0 atom stereocenters. The standard InChI is InChI=1S/C18H17ClN4O3S2/c1-13-10-14(19)11-15-17(13)21-18(27-15)23(7-3-6-22-8-5-20-12-22)28(24,25)16-4-2-9-26-16/h2,4-5,8-12H,3,6-7H2,1H3. The zero-order chi connectivity index (χ0) is 19.7. The van der Waals surface area contributed by atoms with Crippen molar-refractivity contribution in [3.8, 4) is 0 Å². The fourth-order valence-corrected chi connectivity index (χ4v) is 5.92. The van der Waals surface area contributed by atoms with Crippen molar-refractivity contribution in [2.75, 3.05) is 10.8 Å². The summed E-state index contributed by atoms with van der Waals surface area (Å²) in [6, 6.07) is 6.61. The fourth-order valence-electron chi connectivity index (χ4n) is 2.90. The molecule has 0 aliphatic rings. The van der Waals surface area contributed by atoms with Gasteiger partial charge in [0.1, 0.15) is 0 Å². The van der Waals surface area contributed by atoms with Crippen LogP contribution in [0.1, 0.15) is 12.0 Å². The van der Waals surface area contributed by atoms with Crippen molar-refractivity contribution >= 4 is 48.3 Å². The molecule has 3 heterocycles. The number of rotatable bonds is 7. The van der Waals surface area contributed by atoms with E-state index < -0.39 is 10.0 Å². The second-order valence-electron chi connectivity index (χ2n) is 6.23. The molecule has 0 fully saturated rings. The van der Waals surface area contributed by atoms with Gasteiger partial charge >= 0.3 is 0 Å². The predicted molar refractivity (Wildman–Crippen MR) is 109 cm³/mol. The lowest BCUT2D eigenvalue weighted by Gasteiger charge is -2.20. The normalized spacial score (nSPS) is 11.9. The van der Waals surface area contributed by atoms with Gasteiger partial charge in [-0.1, -0.05) is 22.9 Å². The number of aryl methyl sites for hydroxylation is 2. The highest BCUT2D eigenvalue weighted by molar-refractivity contribution is 7.92. The number of halogens is 1. The summed E-state index contributed by atoms with van der Waals surface area (Å²) in [7, 11) is -3.87. The topological polar surface area (TPSA) is 81.2 Å². The van der Waals surface area contributed by atoms with Gasteiger partial charge in [0.2, 0.25) is 10.2 Å². The van der Waals surface area contributed by atoms with E-state index in [-0.39, 0.29) is 11.6 Å². The monoisotopic (exact) mass is 436 g/mol. The maximum atomic E-state index is 13.2. The number of benzene rings is 1. The second kappa shape index (κ2) is 7.57. The van der Waals surface area contributed by atoms with Crippen LogP contribution in [0.2, 0.25) is 5.02 Å². The smallest absolute Gasteiger partial charge is 0.299 e. The number of fused-ring (bicyclic) bond motifs is 1. The zero-order valence-electron chi connectivity index (χ0n) is 14.9. The van der Waals surface area contributed by atoms with E-state index in [1.807, 2.05) is 23.8 Å². The van der Waals surface area contributed by atoms with Gasteiger partial charge in [-0.15, -0.1) is 0 Å². The molecule has 10 heteroatoms. The molecule has 0 saturated heterocycles. The molecule has 4 rings (SSSR count). The molecule has 0 aliphatic heterocycles. The van der Waals surface area contributed by atoms with Crippen LogP contribution in [0.15, 0.2) is 58.8 Å². The predicted octanol–water partition coefficient (Wildman–Crippen LogP) is 4.33. The van der Waals surface area contributed by atoms with Crippen LogP contribution in [0.3, 0.4) is 0 Å². The summed E-state index contributed by atoms with van der Waals surface area (Å²) in [4.78, 5) is 8.60. The molecule has 1 aromatic carbocycles. The Kier molecular flexibility index (Phi) is 5.13. The first-order chi connectivity index (χ1) is 13.4. The highest BCUT2D eigenvalue weighted by atomic mass is 35.5. The molecule has 0 radical (unpaired) electrons. The SMILES string of the molecule is Cc1cc(Cl)cc2sc(N(CCCn3ccnc3)S(=O)(=O)c3ccco3)nc12. The van der Waals surface area contributed by atoms with Crippen LogP contribution in [0.25, 0.3) is 10.2 Å². The third-order valence-electron chi connectivity index (χ3n) is 4.23. The summed E-state index contributed by atoms with van der Waals surface area (Å²) in [5.41, 5.74) is 1.65. The maximum absolute atomic E-state index is 13.2. The molecule has 146 valence electrons. The fraction of sp³-hybridized carbons (Fsp3) is 0.222. The van der Waals surface area contributed by atoms with E-state index in [2.05, 4.69) is 9.97 Å². The van der Waals surface area contributed by atoms with E-state index in [0.717, 1.165) is 15.8 Å². The minimum Gasteiger partial charge on any atom is -0.451 e. The number of furan rings is 1. The Morgan fingerprint density at radius 1 is 1.36 bits per heavy atom. The number of hydrogen-bond acceptors (Lipinski definition) is 6. The van der Waals surface area contributed by atoms with Crippen LogP contribution in [0, 0.1) is 6.92 Å². The Bertz CT molecular complexity index is 1190. The molecule has 0 aliphatic carbocycles. The first kappa shape index (κ1) is 19.0. The van der Waals surface area contributed by atoms with E-state index in [0.29, 0.717) is 23.1 Å². The van der Waals surface area contributed by atoms with Gasteiger partial charge in [0.25, 0.3) is 10.0 Å². The summed E-state index contributed by atoms with van der Waals surface area (Å²) in [5.74, 6) is 0. The Balaban J connectivity index is 1.71. The zero-order valence-corrected chi connectivity index (χ0v) is 17.3. The van der Waals surface area contributed by atoms with Crippen molar-refractivity contribution in [3.63, 3.8) is 0 Å². The van der Waals surface area contributed by atoms with Gasteiger partial charge in [0.15, 0.2) is 0 Å². The molecule has 0 spiro atoms. The summed E-state index contributed by atoms with van der Waals surface area (Å²) in [5, 5.41) is 0.882. The lowest BCUT2D eigenvalue weighted by atomic mass is 10.2. The quantitative estimate of drug-likeness (QED) is 0.430. The molecule has 0 unspecified atom stereocenters. The van der Waals surface area contributed by atoms with Gasteiger partial charge in [-0.2, -0.15) is 8.42 Å². The first-order valence-corrected chi connectivity index (χ1v) is 11.2. The minimum atomic E-state index is -3.87. The van der Waals surface area contributed by atoms with Crippen molar-refractivity contribution in [2.45, 2.75) is 25.0 Å². The van der Waals surface area contributed by atoms with Crippen molar-refractivity contribution in [1.29, 1.82) is 0 Å². The van der Waals surface area contributed by atoms with Gasteiger partial charge < -0.3 is 8.98 Å². The van der Waals surface area contributed by atoms with E-state index in [9.17, 15) is 8.42 Å². The van der Waals surface area contributed by atoms with Crippen molar-refractivity contribution in [2.24, 2.45) is 0 Å². The Labute approximate surface area is 171 Å². The highest BCUT2D eigenvalue weighted by Crippen LogP contribution is 2.35. The molecule has 28 heavy (non-hydrogen) atoms. The average Bonchev–Trinajstić information content (AvgIpc) is 3.38. The van der Waals surface area contributed by atoms with E-state index in [1.54, 1.807) is 24.7 Å². The third-order valence-corrected chi connectivity index (χ3v) is 7.26. The van der Waals surface area contributed by atoms with Gasteiger partial charge in [-0.25, -0.2) is 14.3 Å². The summed E-state index contributed by atoms with van der Waals surface area (Å²) >= 11 is 7.44. The average molecular weight is 437 g/mol. The second-order valence-corrected chi connectivity index (χ2v) is 9.47. The van der Waals surface area contributed by atoms with Crippen LogP contribution in [0.5, 0.6) is 0 Å². The Morgan fingerprint density at radius 2 is 2.21 bits per heavy atom. The van der Waals surface area contributed by atoms with Crippen LogP contribution < -0.4 is 4.31 Å². The van der Waals surface area contributed by atoms with Gasteiger partial charge in [0, 0.05) is 30.5 Å². The molecule has 0 N–H and O–H groups in total. The number of hydrogen-bond donors (Lipinski definition) is 0. The molecule has 0 amide bonds. The highest BCUT2D eigenvalue weighted by Gasteiger charge is 2.30. The van der Waals surface area contributed by atoms with E-state index in [1.165, 1.54) is 28.0 Å². The summed E-state index contributed by atoms with van der Waals surface area (Å²) in [6.07, 6.45) is 7.17. The Morgan fingerprint density at radius 3 is 2.93 bits per heavy atom. The summed E-state index contributed by atoms with van der Waals surface area (Å²) in [6.45, 7) is 2.80. The maximum Gasteiger partial charge on any atom is 0.299 e. The van der Waals surface area contributed by atoms with Crippen LogP contribution in [0.4, 0.5) is 5.13 Å². The lowest BCUT2D eigenvalue weighted by molar-refractivity contribution is 0.448. The molecule has 3 aromatic heterocycles. The van der Waals surface area contributed by atoms with Crippen molar-refractivity contribution in [1.82, 2.24) is 14.5 Å². The molecular formula is C18H17ClN4O3S2. The molecule has 7 nitrogen and oxygen atoms in total. The number of aromatic nitrogens is 3. The number of sulfonamides is 1. The van der Waals surface area contributed by atoms with Crippen LogP contribution in [-0.2, 0) is 16.6 Å². The van der Waals surface area contributed by atoms with E-state index >= 15 is 0 Å². The number of thiazole rings is 1. The molecule has 4 aromatic rings. The van der Waals surface area contributed by atoms with Crippen molar-refractivity contribution in [3.05, 3.63) is 59.8 Å². The third kappa shape index (κ3) is 3.65. The van der Waals surface area contributed by atoms with E-state index in [4.69, 9.17) is 16.0 Å². The minimum absolute atomic E-state index is 0.107. The number of nitrogens with zero attached hydrogens (tertiary/aromatic N) is 4. The number of anilines is 1.